The second kappa shape index (κ2) is 5.40. The summed E-state index contributed by atoms with van der Waals surface area (Å²) in [5, 5.41) is 7.42. The molecule has 2 heterocycles. The molecule has 1 N–H and O–H groups in total. The van der Waals surface area contributed by atoms with Crippen LogP contribution in [0.25, 0.3) is 0 Å². The third-order valence-corrected chi connectivity index (χ3v) is 3.84. The predicted octanol–water partition coefficient (Wildman–Crippen LogP) is 2.71. The Morgan fingerprint density at radius 3 is 2.90 bits per heavy atom. The van der Waals surface area contributed by atoms with Crippen molar-refractivity contribution in [2.24, 2.45) is 5.92 Å². The normalized spacial score (nSPS) is 16.8. The first-order chi connectivity index (χ1) is 9.67. The van der Waals surface area contributed by atoms with Gasteiger partial charge in [0.2, 0.25) is 5.89 Å². The highest BCUT2D eigenvalue weighted by Gasteiger charge is 2.29. The first-order valence-corrected chi connectivity index (χ1v) is 7.32. The summed E-state index contributed by atoms with van der Waals surface area (Å²) in [6.07, 6.45) is 6.62. The molecular formula is C15H22N4O. The van der Waals surface area contributed by atoms with Gasteiger partial charge in [-0.2, -0.15) is 4.98 Å². The van der Waals surface area contributed by atoms with Crippen LogP contribution in [0.5, 0.6) is 0 Å². The fourth-order valence-electron chi connectivity index (χ4n) is 2.62. The maximum Gasteiger partial charge on any atom is 0.229 e. The summed E-state index contributed by atoms with van der Waals surface area (Å²) in [6.45, 7) is 5.12. The molecule has 0 aliphatic heterocycles. The minimum Gasteiger partial charge on any atom is -0.346 e. The molecule has 1 fully saturated rings. The van der Waals surface area contributed by atoms with Crippen molar-refractivity contribution in [1.29, 1.82) is 0 Å². The lowest BCUT2D eigenvalue weighted by atomic mass is 9.99. The second-order valence-electron chi connectivity index (χ2n) is 5.95. The summed E-state index contributed by atoms with van der Waals surface area (Å²) in [6, 6.07) is 2.53. The number of nitrogens with zero attached hydrogens (tertiary/aromatic N) is 3. The number of hydrogen-bond acceptors (Lipinski definition) is 4. The lowest BCUT2D eigenvalue weighted by molar-refractivity contribution is 0.373. The summed E-state index contributed by atoms with van der Waals surface area (Å²) in [7, 11) is 2.00. The Kier molecular flexibility index (Phi) is 3.61. The van der Waals surface area contributed by atoms with Crippen molar-refractivity contribution in [3.05, 3.63) is 35.7 Å². The number of nitrogens with one attached hydrogen (secondary N) is 1. The summed E-state index contributed by atoms with van der Waals surface area (Å²) in [5.74, 6) is 2.65. The van der Waals surface area contributed by atoms with E-state index in [0.717, 1.165) is 11.7 Å². The first-order valence-electron chi connectivity index (χ1n) is 7.32. The van der Waals surface area contributed by atoms with E-state index in [1.54, 1.807) is 0 Å². The third-order valence-electron chi connectivity index (χ3n) is 3.84. The molecule has 1 unspecified atom stereocenters. The molecule has 1 atom stereocenters. The molecule has 0 amide bonds. The molecule has 108 valence electrons. The van der Waals surface area contributed by atoms with Crippen LogP contribution < -0.4 is 5.32 Å². The number of aromatic nitrogens is 3. The largest absolute Gasteiger partial charge is 0.346 e. The van der Waals surface area contributed by atoms with E-state index in [1.165, 1.54) is 18.4 Å². The molecule has 1 aliphatic rings. The second-order valence-corrected chi connectivity index (χ2v) is 5.95. The van der Waals surface area contributed by atoms with Gasteiger partial charge < -0.3 is 14.4 Å². The highest BCUT2D eigenvalue weighted by atomic mass is 16.5. The maximum absolute atomic E-state index is 5.29. The quantitative estimate of drug-likeness (QED) is 0.880. The molecule has 2 aromatic heterocycles. The van der Waals surface area contributed by atoms with E-state index in [-0.39, 0.29) is 0 Å². The van der Waals surface area contributed by atoms with E-state index in [1.807, 2.05) is 7.05 Å². The van der Waals surface area contributed by atoms with Crippen molar-refractivity contribution in [3.8, 4) is 0 Å². The molecule has 5 heteroatoms. The highest BCUT2D eigenvalue weighted by molar-refractivity contribution is 5.16. The average molecular weight is 274 g/mol. The van der Waals surface area contributed by atoms with Crippen LogP contribution in [0.1, 0.15) is 55.9 Å². The van der Waals surface area contributed by atoms with Crippen molar-refractivity contribution in [2.75, 3.05) is 7.05 Å². The average Bonchev–Trinajstić information content (AvgIpc) is 3.00. The highest BCUT2D eigenvalue weighted by Crippen LogP contribution is 2.38. The molecular weight excluding hydrogens is 252 g/mol. The summed E-state index contributed by atoms with van der Waals surface area (Å²) >= 11 is 0. The molecule has 1 saturated carbocycles. The van der Waals surface area contributed by atoms with Gasteiger partial charge in [0.15, 0.2) is 5.82 Å². The van der Waals surface area contributed by atoms with Crippen LogP contribution in [-0.4, -0.2) is 21.8 Å². The van der Waals surface area contributed by atoms with E-state index >= 15 is 0 Å². The van der Waals surface area contributed by atoms with Gasteiger partial charge in [0, 0.05) is 24.4 Å². The van der Waals surface area contributed by atoms with E-state index in [4.69, 9.17) is 4.52 Å². The molecule has 0 radical (unpaired) electrons. The minimum absolute atomic E-state index is 0.378. The molecule has 0 aromatic carbocycles. The van der Waals surface area contributed by atoms with Gasteiger partial charge in [-0.1, -0.05) is 19.0 Å². The Morgan fingerprint density at radius 1 is 1.45 bits per heavy atom. The van der Waals surface area contributed by atoms with Crippen LogP contribution in [0.3, 0.4) is 0 Å². The molecule has 2 aromatic rings. The molecule has 0 spiro atoms. The molecule has 0 bridgehead atoms. The SMILES string of the molecule is CNC(c1ccn(Cc2noc(C3CC3)n2)c1)C(C)C. The molecule has 20 heavy (non-hydrogen) atoms. The maximum atomic E-state index is 5.29. The minimum atomic E-state index is 0.378. The van der Waals surface area contributed by atoms with E-state index in [2.05, 4.69) is 52.3 Å². The van der Waals surface area contributed by atoms with Crippen molar-refractivity contribution in [3.63, 3.8) is 0 Å². The molecule has 1 aliphatic carbocycles. The Balaban J connectivity index is 1.69. The topological polar surface area (TPSA) is 55.9 Å². The third kappa shape index (κ3) is 2.77. The van der Waals surface area contributed by atoms with Crippen LogP contribution in [-0.2, 0) is 6.54 Å². The van der Waals surface area contributed by atoms with Crippen molar-refractivity contribution >= 4 is 0 Å². The van der Waals surface area contributed by atoms with Crippen LogP contribution in [0, 0.1) is 5.92 Å². The summed E-state index contributed by atoms with van der Waals surface area (Å²) < 4.78 is 7.40. The van der Waals surface area contributed by atoms with Gasteiger partial charge in [-0.25, -0.2) is 0 Å². The van der Waals surface area contributed by atoms with Crippen molar-refractivity contribution < 1.29 is 4.52 Å². The Morgan fingerprint density at radius 2 is 2.25 bits per heavy atom. The van der Waals surface area contributed by atoms with E-state index in [0.29, 0.717) is 24.4 Å². The van der Waals surface area contributed by atoms with Crippen LogP contribution in [0.4, 0.5) is 0 Å². The van der Waals surface area contributed by atoms with Crippen LogP contribution >= 0.6 is 0 Å². The zero-order chi connectivity index (χ0) is 14.1. The number of hydrogen-bond donors (Lipinski definition) is 1. The number of rotatable bonds is 6. The molecule has 0 saturated heterocycles. The fraction of sp³-hybridized carbons (Fsp3) is 0.600. The summed E-state index contributed by atoms with van der Waals surface area (Å²) in [4.78, 5) is 4.46. The van der Waals surface area contributed by atoms with Gasteiger partial charge >= 0.3 is 0 Å². The van der Waals surface area contributed by atoms with Gasteiger partial charge in [-0.3, -0.25) is 0 Å². The summed E-state index contributed by atoms with van der Waals surface area (Å²) in [5.41, 5.74) is 1.30. The predicted molar refractivity (Wildman–Crippen MR) is 76.4 cm³/mol. The first kappa shape index (κ1) is 13.4. The lowest BCUT2D eigenvalue weighted by Gasteiger charge is -2.18. The smallest absolute Gasteiger partial charge is 0.229 e. The van der Waals surface area contributed by atoms with Gasteiger partial charge in [0.05, 0.1) is 6.54 Å². The van der Waals surface area contributed by atoms with Gasteiger partial charge in [0.1, 0.15) is 0 Å². The molecule has 3 rings (SSSR count). The van der Waals surface area contributed by atoms with Crippen LogP contribution in [0.2, 0.25) is 0 Å². The Labute approximate surface area is 119 Å². The van der Waals surface area contributed by atoms with Crippen molar-refractivity contribution in [1.82, 2.24) is 20.0 Å². The van der Waals surface area contributed by atoms with Crippen LogP contribution in [0.15, 0.2) is 23.0 Å². The van der Waals surface area contributed by atoms with E-state index in [9.17, 15) is 0 Å². The van der Waals surface area contributed by atoms with Gasteiger partial charge in [0.25, 0.3) is 0 Å². The zero-order valence-electron chi connectivity index (χ0n) is 12.3. The fourth-order valence-corrected chi connectivity index (χ4v) is 2.62. The van der Waals surface area contributed by atoms with Gasteiger partial charge in [-0.15, -0.1) is 0 Å². The van der Waals surface area contributed by atoms with Gasteiger partial charge in [-0.05, 0) is 37.4 Å². The zero-order valence-corrected chi connectivity index (χ0v) is 12.3. The lowest BCUT2D eigenvalue weighted by Crippen LogP contribution is -2.21. The Hall–Kier alpha value is -1.62. The van der Waals surface area contributed by atoms with E-state index < -0.39 is 0 Å². The standard InChI is InChI=1S/C15H22N4O/c1-10(2)14(16-3)12-6-7-19(8-12)9-13-17-15(20-18-13)11-4-5-11/h6-8,10-11,14,16H,4-5,9H2,1-3H3. The Bertz CT molecular complexity index is 568. The molecule has 5 nitrogen and oxygen atoms in total. The monoisotopic (exact) mass is 274 g/mol. The van der Waals surface area contributed by atoms with Crippen molar-refractivity contribution in [2.45, 2.75) is 45.2 Å².